The summed E-state index contributed by atoms with van der Waals surface area (Å²) in [6.45, 7) is 2.56. The van der Waals surface area contributed by atoms with E-state index < -0.39 is 5.97 Å². The van der Waals surface area contributed by atoms with Crippen molar-refractivity contribution >= 4 is 28.6 Å². The third-order valence-electron chi connectivity index (χ3n) is 2.96. The van der Waals surface area contributed by atoms with Gasteiger partial charge in [0, 0.05) is 12.3 Å². The van der Waals surface area contributed by atoms with Crippen LogP contribution < -0.4 is 0 Å². The molecule has 0 fully saturated rings. The minimum atomic E-state index is -0.791. The van der Waals surface area contributed by atoms with Crippen LogP contribution in [0.15, 0.2) is 12.1 Å². The number of carbonyl (C=O) groups is 1. The van der Waals surface area contributed by atoms with Crippen molar-refractivity contribution in [1.82, 2.24) is 15.0 Å². The second-order valence-corrected chi connectivity index (χ2v) is 4.49. The van der Waals surface area contributed by atoms with Gasteiger partial charge in [-0.2, -0.15) is 0 Å². The van der Waals surface area contributed by atoms with Crippen molar-refractivity contribution < 1.29 is 9.90 Å². The molecule has 0 saturated heterocycles. The molecule has 0 spiro atoms. The third-order valence-corrected chi connectivity index (χ3v) is 3.13. The molecule has 0 aliphatic carbocycles. The highest BCUT2D eigenvalue weighted by Crippen LogP contribution is 2.20. The summed E-state index contributed by atoms with van der Waals surface area (Å²) in [5.41, 5.74) is 3.76. The van der Waals surface area contributed by atoms with Gasteiger partial charge in [0.2, 0.25) is 0 Å². The van der Waals surface area contributed by atoms with E-state index in [0.717, 1.165) is 22.2 Å². The van der Waals surface area contributed by atoms with Gasteiger partial charge in [0.15, 0.2) is 0 Å². The zero-order valence-corrected chi connectivity index (χ0v) is 10.8. The Hall–Kier alpha value is -1.62. The molecule has 1 aromatic carbocycles. The minimum Gasteiger partial charge on any atom is -0.481 e. The van der Waals surface area contributed by atoms with Crippen LogP contribution in [0.2, 0.25) is 0 Å². The van der Waals surface area contributed by atoms with Gasteiger partial charge in [0.1, 0.15) is 5.52 Å². The Kier molecular flexibility index (Phi) is 3.81. The molecule has 2 rings (SSSR count). The molecule has 96 valence electrons. The first kappa shape index (κ1) is 12.8. The largest absolute Gasteiger partial charge is 0.481 e. The Morgan fingerprint density at radius 1 is 1.50 bits per heavy atom. The first-order valence-electron chi connectivity index (χ1n) is 5.73. The van der Waals surface area contributed by atoms with Crippen LogP contribution in [-0.2, 0) is 17.8 Å². The number of fused-ring (bicyclic) bond motifs is 1. The van der Waals surface area contributed by atoms with Crippen molar-refractivity contribution in [2.75, 3.05) is 5.88 Å². The summed E-state index contributed by atoms with van der Waals surface area (Å²) in [4.78, 5) is 10.6. The molecule has 0 radical (unpaired) electrons. The number of nitrogens with zero attached hydrogens (tertiary/aromatic N) is 3. The number of carboxylic acid groups (broad SMARTS) is 1. The van der Waals surface area contributed by atoms with E-state index in [-0.39, 0.29) is 6.42 Å². The first-order valence-corrected chi connectivity index (χ1v) is 6.26. The summed E-state index contributed by atoms with van der Waals surface area (Å²) < 4.78 is 1.76. The Labute approximate surface area is 109 Å². The van der Waals surface area contributed by atoms with Crippen LogP contribution in [0.3, 0.4) is 0 Å². The predicted octanol–water partition coefficient (Wildman–Crippen LogP) is 2.00. The van der Waals surface area contributed by atoms with E-state index in [2.05, 4.69) is 10.3 Å². The molecule has 2 aromatic rings. The van der Waals surface area contributed by atoms with E-state index in [4.69, 9.17) is 16.7 Å². The Morgan fingerprint density at radius 2 is 2.28 bits per heavy atom. The smallest absolute Gasteiger partial charge is 0.303 e. The van der Waals surface area contributed by atoms with Crippen molar-refractivity contribution in [3.63, 3.8) is 0 Å². The molecule has 0 amide bonds. The Bertz CT molecular complexity index is 580. The van der Waals surface area contributed by atoms with Gasteiger partial charge < -0.3 is 5.11 Å². The molecule has 6 heteroatoms. The van der Waals surface area contributed by atoms with Gasteiger partial charge in [-0.25, -0.2) is 4.68 Å². The summed E-state index contributed by atoms with van der Waals surface area (Å²) in [6, 6.07) is 3.86. The molecular formula is C12H14ClN3O2. The number of hydrogen-bond acceptors (Lipinski definition) is 3. The fraction of sp³-hybridized carbons (Fsp3) is 0.417. The van der Waals surface area contributed by atoms with E-state index in [1.54, 1.807) is 4.68 Å². The van der Waals surface area contributed by atoms with Crippen LogP contribution in [0.4, 0.5) is 0 Å². The quantitative estimate of drug-likeness (QED) is 0.842. The number of halogens is 1. The molecular weight excluding hydrogens is 254 g/mol. The summed E-state index contributed by atoms with van der Waals surface area (Å²) in [5.74, 6) is -0.307. The van der Waals surface area contributed by atoms with Crippen molar-refractivity contribution in [1.29, 1.82) is 0 Å². The van der Waals surface area contributed by atoms with Gasteiger partial charge in [-0.1, -0.05) is 11.3 Å². The lowest BCUT2D eigenvalue weighted by molar-refractivity contribution is -0.136. The Morgan fingerprint density at radius 3 is 2.94 bits per heavy atom. The number of aryl methyl sites for hydroxylation is 3. The lowest BCUT2D eigenvalue weighted by Crippen LogP contribution is -2.02. The van der Waals surface area contributed by atoms with Crippen LogP contribution >= 0.6 is 11.6 Å². The fourth-order valence-electron chi connectivity index (χ4n) is 1.97. The summed E-state index contributed by atoms with van der Waals surface area (Å²) in [6.07, 6.45) is 0.641. The van der Waals surface area contributed by atoms with E-state index in [9.17, 15) is 4.79 Å². The van der Waals surface area contributed by atoms with Crippen molar-refractivity contribution in [3.8, 4) is 0 Å². The van der Waals surface area contributed by atoms with Gasteiger partial charge in [-0.15, -0.1) is 16.7 Å². The van der Waals surface area contributed by atoms with E-state index in [0.29, 0.717) is 18.8 Å². The van der Waals surface area contributed by atoms with Crippen LogP contribution in [-0.4, -0.2) is 31.9 Å². The molecule has 0 aliphatic rings. The summed E-state index contributed by atoms with van der Waals surface area (Å²) >= 11 is 5.70. The normalized spacial score (nSPS) is 11.0. The third kappa shape index (κ3) is 2.46. The number of hydrogen-bond donors (Lipinski definition) is 1. The van der Waals surface area contributed by atoms with Crippen LogP contribution in [0.1, 0.15) is 17.5 Å². The Balaban J connectivity index is 2.36. The maximum atomic E-state index is 10.6. The average Bonchev–Trinajstić information content (AvgIpc) is 2.73. The SMILES string of the molecule is Cc1c(CCC(=O)O)ccc2c1nnn2CCCl. The van der Waals surface area contributed by atoms with Crippen LogP contribution in [0.25, 0.3) is 11.0 Å². The first-order chi connectivity index (χ1) is 8.63. The van der Waals surface area contributed by atoms with Gasteiger partial charge in [-0.05, 0) is 30.5 Å². The molecule has 0 unspecified atom stereocenters. The maximum Gasteiger partial charge on any atom is 0.303 e. The van der Waals surface area contributed by atoms with E-state index in [1.807, 2.05) is 19.1 Å². The standard InChI is InChI=1S/C12H14ClN3O2/c1-8-9(3-5-11(17)18)2-4-10-12(8)14-15-16(10)7-6-13/h2,4H,3,5-7H2,1H3,(H,17,18). The van der Waals surface area contributed by atoms with Gasteiger partial charge in [0.05, 0.1) is 12.1 Å². The highest BCUT2D eigenvalue weighted by molar-refractivity contribution is 6.17. The number of carboxylic acids is 1. The molecule has 1 aromatic heterocycles. The lowest BCUT2D eigenvalue weighted by Gasteiger charge is -2.05. The predicted molar refractivity (Wildman–Crippen MR) is 68.9 cm³/mol. The van der Waals surface area contributed by atoms with E-state index >= 15 is 0 Å². The zero-order chi connectivity index (χ0) is 13.1. The summed E-state index contributed by atoms with van der Waals surface area (Å²) in [5, 5.41) is 16.9. The van der Waals surface area contributed by atoms with Crippen molar-refractivity contribution in [2.24, 2.45) is 0 Å². The molecule has 0 bridgehead atoms. The fourth-order valence-corrected chi connectivity index (χ4v) is 2.13. The van der Waals surface area contributed by atoms with Crippen LogP contribution in [0, 0.1) is 6.92 Å². The van der Waals surface area contributed by atoms with Crippen molar-refractivity contribution in [2.45, 2.75) is 26.3 Å². The number of aromatic nitrogens is 3. The van der Waals surface area contributed by atoms with Gasteiger partial charge in [-0.3, -0.25) is 4.79 Å². The molecule has 18 heavy (non-hydrogen) atoms. The number of aliphatic carboxylic acids is 1. The molecule has 1 heterocycles. The zero-order valence-electron chi connectivity index (χ0n) is 10.1. The number of benzene rings is 1. The molecule has 1 N–H and O–H groups in total. The van der Waals surface area contributed by atoms with Crippen LogP contribution in [0.5, 0.6) is 0 Å². The second-order valence-electron chi connectivity index (χ2n) is 4.11. The highest BCUT2D eigenvalue weighted by atomic mass is 35.5. The molecule has 0 aliphatic heterocycles. The number of rotatable bonds is 5. The number of alkyl halides is 1. The summed E-state index contributed by atoms with van der Waals surface area (Å²) in [7, 11) is 0. The monoisotopic (exact) mass is 267 g/mol. The van der Waals surface area contributed by atoms with Gasteiger partial charge in [0.25, 0.3) is 0 Å². The lowest BCUT2D eigenvalue weighted by atomic mass is 10.0. The second kappa shape index (κ2) is 5.35. The maximum absolute atomic E-state index is 10.6. The van der Waals surface area contributed by atoms with Gasteiger partial charge >= 0.3 is 5.97 Å². The van der Waals surface area contributed by atoms with Crippen molar-refractivity contribution in [3.05, 3.63) is 23.3 Å². The minimum absolute atomic E-state index is 0.127. The molecule has 0 saturated carbocycles. The highest BCUT2D eigenvalue weighted by Gasteiger charge is 2.10. The van der Waals surface area contributed by atoms with E-state index in [1.165, 1.54) is 0 Å². The topological polar surface area (TPSA) is 68.0 Å². The molecule has 0 atom stereocenters. The average molecular weight is 268 g/mol. The molecule has 5 nitrogen and oxygen atoms in total.